The molecule has 0 aromatic rings. The molecule has 0 bridgehead atoms. The SMILES string of the molecule is C=C(C)C(=O)OCC(C)C.C=CC(=O)[O-].[NH4+]. The molecule has 0 aromatic heterocycles. The lowest BCUT2D eigenvalue weighted by atomic mass is 10.2. The topological polar surface area (TPSA) is 103 Å². The number of rotatable bonds is 4. The van der Waals surface area contributed by atoms with Crippen LogP contribution in [0.4, 0.5) is 0 Å². The molecule has 0 aliphatic carbocycles. The van der Waals surface area contributed by atoms with Crippen molar-refractivity contribution in [2.24, 2.45) is 5.92 Å². The lowest BCUT2D eigenvalue weighted by Gasteiger charge is -2.05. The number of esters is 1. The van der Waals surface area contributed by atoms with E-state index in [-0.39, 0.29) is 12.1 Å². The van der Waals surface area contributed by atoms with E-state index in [0.29, 0.717) is 18.1 Å². The third-order valence-electron chi connectivity index (χ3n) is 1.06. The quantitative estimate of drug-likeness (QED) is 0.577. The molecule has 4 N–H and O–H groups in total. The molecule has 16 heavy (non-hydrogen) atoms. The predicted molar refractivity (Wildman–Crippen MR) is 61.8 cm³/mol. The van der Waals surface area contributed by atoms with Gasteiger partial charge in [-0.2, -0.15) is 0 Å². The monoisotopic (exact) mass is 231 g/mol. The van der Waals surface area contributed by atoms with Crippen LogP contribution in [0.25, 0.3) is 0 Å². The van der Waals surface area contributed by atoms with Crippen LogP contribution >= 0.6 is 0 Å². The molecule has 0 fully saturated rings. The first-order chi connectivity index (χ1) is 6.81. The third kappa shape index (κ3) is 18.2. The number of hydrogen-bond donors (Lipinski definition) is 1. The minimum atomic E-state index is -1.23. The van der Waals surface area contributed by atoms with Gasteiger partial charge in [0.1, 0.15) is 0 Å². The van der Waals surface area contributed by atoms with Gasteiger partial charge < -0.3 is 20.8 Å². The summed E-state index contributed by atoms with van der Waals surface area (Å²) >= 11 is 0. The number of carbonyl (C=O) groups is 2. The first-order valence-electron chi connectivity index (χ1n) is 4.47. The van der Waals surface area contributed by atoms with Crippen molar-refractivity contribution in [2.45, 2.75) is 20.8 Å². The van der Waals surface area contributed by atoms with Crippen LogP contribution in [0.5, 0.6) is 0 Å². The molecule has 5 heteroatoms. The molecule has 0 rings (SSSR count). The summed E-state index contributed by atoms with van der Waals surface area (Å²) in [5.74, 6) is -1.14. The maximum atomic E-state index is 10.7. The molecule has 0 spiro atoms. The highest BCUT2D eigenvalue weighted by molar-refractivity contribution is 5.86. The second-order valence-corrected chi connectivity index (χ2v) is 3.30. The Kier molecular flexibility index (Phi) is 14.2. The summed E-state index contributed by atoms with van der Waals surface area (Å²) in [6, 6.07) is 0. The number of hydrogen-bond acceptors (Lipinski definition) is 4. The van der Waals surface area contributed by atoms with Gasteiger partial charge in [0.25, 0.3) is 0 Å². The van der Waals surface area contributed by atoms with Crippen molar-refractivity contribution < 1.29 is 19.4 Å². The second kappa shape index (κ2) is 11.5. The Balaban J connectivity index is -0.000000242. The van der Waals surface area contributed by atoms with E-state index < -0.39 is 5.97 Å². The van der Waals surface area contributed by atoms with Crippen LogP contribution in [-0.2, 0) is 14.3 Å². The fourth-order valence-electron chi connectivity index (χ4n) is 0.366. The van der Waals surface area contributed by atoms with E-state index in [0.717, 1.165) is 6.08 Å². The molecule has 94 valence electrons. The lowest BCUT2D eigenvalue weighted by molar-refractivity contribution is -0.297. The smallest absolute Gasteiger partial charge is 0.333 e. The molecule has 0 aliphatic rings. The molecule has 0 aromatic carbocycles. The van der Waals surface area contributed by atoms with Crippen LogP contribution in [0.15, 0.2) is 24.8 Å². The molecular formula is C11H21NO4. The largest absolute Gasteiger partial charge is 0.545 e. The van der Waals surface area contributed by atoms with Gasteiger partial charge in [-0.25, -0.2) is 4.79 Å². The number of aliphatic carboxylic acids is 1. The van der Waals surface area contributed by atoms with Crippen molar-refractivity contribution in [3.05, 3.63) is 24.8 Å². The summed E-state index contributed by atoms with van der Waals surface area (Å²) in [6.07, 6.45) is 0.722. The molecule has 0 heterocycles. The average molecular weight is 231 g/mol. The summed E-state index contributed by atoms with van der Waals surface area (Å²) in [6.45, 7) is 12.5. The van der Waals surface area contributed by atoms with Gasteiger partial charge in [0.05, 0.1) is 12.6 Å². The van der Waals surface area contributed by atoms with Crippen molar-refractivity contribution in [1.82, 2.24) is 6.15 Å². The number of carboxylic acids is 1. The highest BCUT2D eigenvalue weighted by Gasteiger charge is 2.03. The van der Waals surface area contributed by atoms with Crippen LogP contribution in [-0.4, -0.2) is 18.5 Å². The molecule has 0 unspecified atom stereocenters. The van der Waals surface area contributed by atoms with Gasteiger partial charge in [-0.3, -0.25) is 0 Å². The van der Waals surface area contributed by atoms with E-state index in [1.807, 2.05) is 13.8 Å². The highest BCUT2D eigenvalue weighted by Crippen LogP contribution is 1.97. The van der Waals surface area contributed by atoms with Crippen molar-refractivity contribution >= 4 is 11.9 Å². The Morgan fingerprint density at radius 2 is 1.81 bits per heavy atom. The van der Waals surface area contributed by atoms with Gasteiger partial charge in [-0.05, 0) is 18.9 Å². The highest BCUT2D eigenvalue weighted by atomic mass is 16.5. The van der Waals surface area contributed by atoms with E-state index in [2.05, 4.69) is 13.2 Å². The second-order valence-electron chi connectivity index (χ2n) is 3.30. The van der Waals surface area contributed by atoms with E-state index in [9.17, 15) is 4.79 Å². The fourth-order valence-corrected chi connectivity index (χ4v) is 0.366. The number of quaternary nitrogens is 1. The van der Waals surface area contributed by atoms with E-state index in [1.165, 1.54) is 0 Å². The standard InChI is InChI=1S/C8H14O2.C3H4O2.H3N/c1-6(2)5-10-8(9)7(3)4;1-2-3(4)5;/h6H,3,5H2,1-2,4H3;2H,1H2,(H,4,5);1H3. The zero-order valence-corrected chi connectivity index (χ0v) is 10.4. The minimum absolute atomic E-state index is 0. The molecule has 0 aliphatic heterocycles. The molecule has 0 amide bonds. The van der Waals surface area contributed by atoms with Gasteiger partial charge >= 0.3 is 5.97 Å². The maximum absolute atomic E-state index is 10.7. The number of ether oxygens (including phenoxy) is 1. The van der Waals surface area contributed by atoms with Crippen LogP contribution in [0, 0.1) is 5.92 Å². The molecule has 5 nitrogen and oxygen atoms in total. The summed E-state index contributed by atoms with van der Waals surface area (Å²) < 4.78 is 4.83. The zero-order valence-electron chi connectivity index (χ0n) is 10.4. The molecule has 0 atom stereocenters. The molecule has 0 radical (unpaired) electrons. The summed E-state index contributed by atoms with van der Waals surface area (Å²) in [5, 5.41) is 9.14. The molecule has 0 saturated carbocycles. The van der Waals surface area contributed by atoms with E-state index >= 15 is 0 Å². The predicted octanol–water partition coefficient (Wildman–Crippen LogP) is 1.06. The molecule has 0 saturated heterocycles. The van der Waals surface area contributed by atoms with Crippen molar-refractivity contribution in [3.8, 4) is 0 Å². The minimum Gasteiger partial charge on any atom is -0.545 e. The van der Waals surface area contributed by atoms with Gasteiger partial charge in [-0.15, -0.1) is 0 Å². The maximum Gasteiger partial charge on any atom is 0.333 e. The fraction of sp³-hybridized carbons (Fsp3) is 0.455. The number of carbonyl (C=O) groups excluding carboxylic acids is 2. The Morgan fingerprint density at radius 3 is 2.00 bits per heavy atom. The average Bonchev–Trinajstić information content (AvgIpc) is 2.14. The summed E-state index contributed by atoms with van der Waals surface area (Å²) in [5.41, 5.74) is 0.459. The van der Waals surface area contributed by atoms with Crippen LogP contribution < -0.4 is 11.3 Å². The van der Waals surface area contributed by atoms with E-state index in [1.54, 1.807) is 6.92 Å². The summed E-state index contributed by atoms with van der Waals surface area (Å²) in [7, 11) is 0. The zero-order chi connectivity index (χ0) is 12.4. The first-order valence-corrected chi connectivity index (χ1v) is 4.47. The Labute approximate surface area is 96.4 Å². The Hall–Kier alpha value is -1.62. The molecular weight excluding hydrogens is 210 g/mol. The van der Waals surface area contributed by atoms with E-state index in [4.69, 9.17) is 14.6 Å². The lowest BCUT2D eigenvalue weighted by Crippen LogP contribution is -2.17. The van der Waals surface area contributed by atoms with Crippen molar-refractivity contribution in [2.75, 3.05) is 6.61 Å². The van der Waals surface area contributed by atoms with Gasteiger partial charge in [0, 0.05) is 5.57 Å². The van der Waals surface area contributed by atoms with Crippen LogP contribution in [0.3, 0.4) is 0 Å². The van der Waals surface area contributed by atoms with Crippen LogP contribution in [0.2, 0.25) is 0 Å². The summed E-state index contributed by atoms with van der Waals surface area (Å²) in [4.78, 5) is 19.9. The Morgan fingerprint density at radius 1 is 1.44 bits per heavy atom. The Bertz CT molecular complexity index is 246. The number of carboxylic acid groups (broad SMARTS) is 1. The van der Waals surface area contributed by atoms with Gasteiger partial charge in [0.15, 0.2) is 0 Å². The first kappa shape index (κ1) is 19.9. The van der Waals surface area contributed by atoms with Gasteiger partial charge in [-0.1, -0.05) is 27.0 Å². The van der Waals surface area contributed by atoms with Gasteiger partial charge in [0.2, 0.25) is 0 Å². The normalized spacial score (nSPS) is 8.00. The third-order valence-corrected chi connectivity index (χ3v) is 1.06. The van der Waals surface area contributed by atoms with Crippen molar-refractivity contribution in [3.63, 3.8) is 0 Å². The van der Waals surface area contributed by atoms with Crippen LogP contribution in [0.1, 0.15) is 20.8 Å². The van der Waals surface area contributed by atoms with Crippen molar-refractivity contribution in [1.29, 1.82) is 0 Å².